The number of hydrogen-bond donors (Lipinski definition) is 1. The molecule has 1 heterocycles. The van der Waals surface area contributed by atoms with E-state index in [1.54, 1.807) is 18.2 Å². The molecule has 0 spiro atoms. The molecule has 0 amide bonds. The average molecular weight is 204 g/mol. The van der Waals surface area contributed by atoms with Crippen LogP contribution < -0.4 is 5.73 Å². The number of aromatic nitrogens is 1. The third-order valence-electron chi connectivity index (χ3n) is 2.20. The first-order chi connectivity index (χ1) is 7.20. The highest BCUT2D eigenvalue weighted by molar-refractivity contribution is 5.96. The van der Waals surface area contributed by atoms with E-state index in [9.17, 15) is 4.79 Å². The molecule has 0 aliphatic carbocycles. The number of carbonyl (C=O) groups is 1. The van der Waals surface area contributed by atoms with Crippen molar-refractivity contribution in [1.82, 2.24) is 4.98 Å². The second kappa shape index (κ2) is 3.82. The quantitative estimate of drug-likeness (QED) is 0.770. The largest absolute Gasteiger partial charge is 0.441 e. The molecule has 1 aromatic carbocycles. The van der Waals surface area contributed by atoms with Gasteiger partial charge in [0.05, 0.1) is 0 Å². The van der Waals surface area contributed by atoms with Gasteiger partial charge in [-0.25, -0.2) is 4.98 Å². The summed E-state index contributed by atoms with van der Waals surface area (Å²) in [4.78, 5) is 15.4. The fourth-order valence-corrected chi connectivity index (χ4v) is 1.42. The van der Waals surface area contributed by atoms with Crippen LogP contribution in [0.5, 0.6) is 0 Å². The van der Waals surface area contributed by atoms with Crippen molar-refractivity contribution in [3.05, 3.63) is 29.7 Å². The number of nitrogens with zero attached hydrogens (tertiary/aromatic N) is 1. The lowest BCUT2D eigenvalue weighted by molar-refractivity contribution is 0.101. The Morgan fingerprint density at radius 3 is 3.00 bits per heavy atom. The number of oxazole rings is 1. The molecule has 4 nitrogen and oxygen atoms in total. The van der Waals surface area contributed by atoms with Gasteiger partial charge >= 0.3 is 0 Å². The maximum atomic E-state index is 11.1. The van der Waals surface area contributed by atoms with Gasteiger partial charge < -0.3 is 10.2 Å². The summed E-state index contributed by atoms with van der Waals surface area (Å²) in [6.45, 7) is 2.04. The lowest BCUT2D eigenvalue weighted by Gasteiger charge is -1.92. The second-order valence-corrected chi connectivity index (χ2v) is 3.38. The zero-order valence-corrected chi connectivity index (χ0v) is 8.49. The monoisotopic (exact) mass is 204 g/mol. The summed E-state index contributed by atoms with van der Waals surface area (Å²) in [5.41, 5.74) is 7.47. The molecule has 2 aromatic rings. The first kappa shape index (κ1) is 9.86. The van der Waals surface area contributed by atoms with E-state index < -0.39 is 0 Å². The van der Waals surface area contributed by atoms with E-state index in [0.29, 0.717) is 35.5 Å². The number of fused-ring (bicyclic) bond motifs is 1. The summed E-state index contributed by atoms with van der Waals surface area (Å²) in [5.74, 6) is 0.647. The van der Waals surface area contributed by atoms with Crippen molar-refractivity contribution in [2.24, 2.45) is 5.73 Å². The molecular formula is C11H12N2O2. The van der Waals surface area contributed by atoms with Crippen LogP contribution in [0.3, 0.4) is 0 Å². The minimum Gasteiger partial charge on any atom is -0.441 e. The van der Waals surface area contributed by atoms with Crippen LogP contribution in [0.4, 0.5) is 0 Å². The fourth-order valence-electron chi connectivity index (χ4n) is 1.42. The molecule has 0 aliphatic rings. The molecule has 0 bridgehead atoms. The van der Waals surface area contributed by atoms with Gasteiger partial charge in [-0.1, -0.05) is 0 Å². The molecule has 78 valence electrons. The number of hydrogen-bond acceptors (Lipinski definition) is 4. The van der Waals surface area contributed by atoms with Crippen molar-refractivity contribution in [1.29, 1.82) is 0 Å². The van der Waals surface area contributed by atoms with Crippen LogP contribution in [0.15, 0.2) is 22.6 Å². The van der Waals surface area contributed by atoms with Gasteiger partial charge in [0.2, 0.25) is 0 Å². The SMILES string of the molecule is CC(=O)c1ccc2oc(CCN)nc2c1. The molecule has 0 radical (unpaired) electrons. The minimum atomic E-state index is 0.0280. The molecule has 0 fully saturated rings. The maximum Gasteiger partial charge on any atom is 0.196 e. The molecule has 1 aromatic heterocycles. The molecule has 2 N–H and O–H groups in total. The standard InChI is InChI=1S/C11H12N2O2/c1-7(14)8-2-3-10-9(6-8)13-11(15-10)4-5-12/h2-3,6H,4-5,12H2,1H3. The lowest BCUT2D eigenvalue weighted by Crippen LogP contribution is -2.02. The van der Waals surface area contributed by atoms with Gasteiger partial charge in [0.1, 0.15) is 5.52 Å². The number of rotatable bonds is 3. The maximum absolute atomic E-state index is 11.1. The molecule has 0 aliphatic heterocycles. The van der Waals surface area contributed by atoms with Crippen LogP contribution >= 0.6 is 0 Å². The molecule has 0 saturated heterocycles. The summed E-state index contributed by atoms with van der Waals surface area (Å²) in [5, 5.41) is 0. The van der Waals surface area contributed by atoms with Gasteiger partial charge in [0.15, 0.2) is 17.3 Å². The zero-order chi connectivity index (χ0) is 10.8. The average Bonchev–Trinajstić information content (AvgIpc) is 2.59. The van der Waals surface area contributed by atoms with Crippen molar-refractivity contribution in [3.8, 4) is 0 Å². The van der Waals surface area contributed by atoms with Crippen molar-refractivity contribution >= 4 is 16.9 Å². The third kappa shape index (κ3) is 1.89. The second-order valence-electron chi connectivity index (χ2n) is 3.38. The molecular weight excluding hydrogens is 192 g/mol. The van der Waals surface area contributed by atoms with E-state index in [1.807, 2.05) is 0 Å². The third-order valence-corrected chi connectivity index (χ3v) is 2.20. The Balaban J connectivity index is 2.47. The van der Waals surface area contributed by atoms with Crippen molar-refractivity contribution in [3.63, 3.8) is 0 Å². The van der Waals surface area contributed by atoms with Crippen molar-refractivity contribution < 1.29 is 9.21 Å². The molecule has 0 unspecified atom stereocenters. The van der Waals surface area contributed by atoms with Crippen LogP contribution in [0.25, 0.3) is 11.1 Å². The minimum absolute atomic E-state index is 0.0280. The van der Waals surface area contributed by atoms with Gasteiger partial charge in [0.25, 0.3) is 0 Å². The van der Waals surface area contributed by atoms with Gasteiger partial charge in [0, 0.05) is 18.5 Å². The molecule has 0 atom stereocenters. The number of Topliss-reactive ketones (excluding diaryl/α,β-unsaturated/α-hetero) is 1. The summed E-state index contributed by atoms with van der Waals surface area (Å²) in [6, 6.07) is 5.24. The van der Waals surface area contributed by atoms with Gasteiger partial charge in [-0.2, -0.15) is 0 Å². The van der Waals surface area contributed by atoms with Gasteiger partial charge in [-0.3, -0.25) is 4.79 Å². The Kier molecular flexibility index (Phi) is 2.51. The summed E-state index contributed by atoms with van der Waals surface area (Å²) < 4.78 is 5.44. The zero-order valence-electron chi connectivity index (χ0n) is 8.49. The Bertz CT molecular complexity index is 502. The molecule has 0 saturated carbocycles. The van der Waals surface area contributed by atoms with E-state index in [0.717, 1.165) is 0 Å². The Morgan fingerprint density at radius 1 is 1.53 bits per heavy atom. The first-order valence-electron chi connectivity index (χ1n) is 4.81. The molecule has 4 heteroatoms. The number of carbonyl (C=O) groups excluding carboxylic acids is 1. The van der Waals surface area contributed by atoms with E-state index in [2.05, 4.69) is 4.98 Å². The Hall–Kier alpha value is -1.68. The highest BCUT2D eigenvalue weighted by atomic mass is 16.3. The van der Waals surface area contributed by atoms with Crippen LogP contribution in [-0.4, -0.2) is 17.3 Å². The van der Waals surface area contributed by atoms with Crippen molar-refractivity contribution in [2.45, 2.75) is 13.3 Å². The topological polar surface area (TPSA) is 69.1 Å². The number of nitrogens with two attached hydrogens (primary N) is 1. The first-order valence-corrected chi connectivity index (χ1v) is 4.81. The van der Waals surface area contributed by atoms with Crippen LogP contribution in [0.1, 0.15) is 23.2 Å². The lowest BCUT2D eigenvalue weighted by atomic mass is 10.1. The summed E-state index contributed by atoms with van der Waals surface area (Å²) in [6.07, 6.45) is 0.615. The predicted molar refractivity (Wildman–Crippen MR) is 56.8 cm³/mol. The van der Waals surface area contributed by atoms with Gasteiger partial charge in [-0.05, 0) is 25.1 Å². The predicted octanol–water partition coefficient (Wildman–Crippen LogP) is 1.53. The number of benzene rings is 1. The van der Waals surface area contributed by atoms with E-state index in [-0.39, 0.29) is 5.78 Å². The van der Waals surface area contributed by atoms with E-state index in [1.165, 1.54) is 6.92 Å². The Labute approximate surface area is 87.1 Å². The summed E-state index contributed by atoms with van der Waals surface area (Å²) >= 11 is 0. The van der Waals surface area contributed by atoms with E-state index >= 15 is 0 Å². The van der Waals surface area contributed by atoms with Gasteiger partial charge in [-0.15, -0.1) is 0 Å². The fraction of sp³-hybridized carbons (Fsp3) is 0.273. The van der Waals surface area contributed by atoms with Crippen LogP contribution in [0.2, 0.25) is 0 Å². The highest BCUT2D eigenvalue weighted by Gasteiger charge is 2.07. The normalized spacial score (nSPS) is 10.8. The number of ketones is 1. The van der Waals surface area contributed by atoms with Crippen LogP contribution in [0, 0.1) is 0 Å². The van der Waals surface area contributed by atoms with E-state index in [4.69, 9.17) is 10.2 Å². The van der Waals surface area contributed by atoms with Crippen molar-refractivity contribution in [2.75, 3.05) is 6.54 Å². The summed E-state index contributed by atoms with van der Waals surface area (Å²) in [7, 11) is 0. The molecule has 15 heavy (non-hydrogen) atoms. The molecule has 2 rings (SSSR count). The highest BCUT2D eigenvalue weighted by Crippen LogP contribution is 2.17. The van der Waals surface area contributed by atoms with Crippen LogP contribution in [-0.2, 0) is 6.42 Å². The Morgan fingerprint density at radius 2 is 2.33 bits per heavy atom. The smallest absolute Gasteiger partial charge is 0.196 e.